The van der Waals surface area contributed by atoms with Crippen molar-refractivity contribution in [2.45, 2.75) is 0 Å². The minimum absolute atomic E-state index is 0.132. The maximum absolute atomic E-state index is 10.4. The molecule has 1 heterocycles. The number of rotatable bonds is 1. The lowest BCUT2D eigenvalue weighted by atomic mass is 11.2. The van der Waals surface area contributed by atoms with E-state index in [9.17, 15) is 16.8 Å². The molecule has 0 radical (unpaired) electrons. The molecule has 1 rings (SSSR count). The second-order valence-electron chi connectivity index (χ2n) is 1.91. The average Bonchev–Trinajstić information content (AvgIpc) is 2.28. The highest BCUT2D eigenvalue weighted by Crippen LogP contribution is 2.24. The first-order valence-electron chi connectivity index (χ1n) is 2.66. The van der Waals surface area contributed by atoms with Crippen LogP contribution in [0.3, 0.4) is 0 Å². The van der Waals surface area contributed by atoms with E-state index < -0.39 is 31.5 Å². The van der Waals surface area contributed by atoms with Gasteiger partial charge in [-0.15, -0.1) is 0 Å². The quantitative estimate of drug-likeness (QED) is 0.448. The molecule has 0 bridgehead atoms. The summed E-state index contributed by atoms with van der Waals surface area (Å²) in [6.45, 7) is -0.543. The van der Waals surface area contributed by atoms with Gasteiger partial charge in [0.2, 0.25) is 4.38 Å². The summed E-state index contributed by atoms with van der Waals surface area (Å²) in [7, 11) is -8.99. The number of aliphatic imine (C=N–C) groups is 1. The SMILES string of the molecule is O=S(=O)(O)C1=NCN(S(=O)(=O)O)S1. The van der Waals surface area contributed by atoms with Crippen molar-refractivity contribution in [1.82, 2.24) is 3.71 Å². The summed E-state index contributed by atoms with van der Waals surface area (Å²) in [4.78, 5) is 3.18. The van der Waals surface area contributed by atoms with Crippen LogP contribution in [0.2, 0.25) is 0 Å². The summed E-state index contributed by atoms with van der Waals surface area (Å²) in [6.07, 6.45) is 0. The zero-order valence-electron chi connectivity index (χ0n) is 5.85. The molecule has 11 heteroatoms. The Hall–Kier alpha value is -0.200. The fraction of sp³-hybridized carbons (Fsp3) is 0.500. The summed E-state index contributed by atoms with van der Waals surface area (Å²) in [5.74, 6) is 0. The molecule has 0 spiro atoms. The van der Waals surface area contributed by atoms with E-state index in [2.05, 4.69) is 4.99 Å². The van der Waals surface area contributed by atoms with Crippen LogP contribution in [0.5, 0.6) is 0 Å². The lowest BCUT2D eigenvalue weighted by Gasteiger charge is -2.05. The Balaban J connectivity index is 2.86. The van der Waals surface area contributed by atoms with Gasteiger partial charge in [-0.05, 0) is 0 Å². The van der Waals surface area contributed by atoms with Crippen LogP contribution in [0.15, 0.2) is 4.99 Å². The summed E-state index contributed by atoms with van der Waals surface area (Å²) in [5, 5.41) is 0. The van der Waals surface area contributed by atoms with Crippen LogP contribution in [0.25, 0.3) is 0 Å². The highest BCUT2D eigenvalue weighted by molar-refractivity contribution is 8.34. The van der Waals surface area contributed by atoms with Gasteiger partial charge in [0.1, 0.15) is 6.67 Å². The van der Waals surface area contributed by atoms with Gasteiger partial charge in [0.25, 0.3) is 0 Å². The molecule has 0 aliphatic carbocycles. The van der Waals surface area contributed by atoms with Gasteiger partial charge in [-0.3, -0.25) is 9.11 Å². The third kappa shape index (κ3) is 2.62. The fourth-order valence-corrected chi connectivity index (χ4v) is 2.72. The molecule has 1 aliphatic heterocycles. The van der Waals surface area contributed by atoms with Gasteiger partial charge in [0, 0.05) is 11.9 Å². The molecule has 0 amide bonds. The summed E-state index contributed by atoms with van der Waals surface area (Å²) in [6, 6.07) is 0. The van der Waals surface area contributed by atoms with E-state index in [1.807, 2.05) is 0 Å². The minimum Gasteiger partial charge on any atom is -0.280 e. The maximum Gasteiger partial charge on any atom is 0.347 e. The molecule has 1 aliphatic rings. The van der Waals surface area contributed by atoms with E-state index in [0.29, 0.717) is 3.71 Å². The van der Waals surface area contributed by atoms with E-state index in [0.717, 1.165) is 0 Å². The molecule has 2 N–H and O–H groups in total. The van der Waals surface area contributed by atoms with Gasteiger partial charge in [-0.2, -0.15) is 16.8 Å². The molecule has 0 aromatic heterocycles. The Morgan fingerprint density at radius 2 is 1.85 bits per heavy atom. The van der Waals surface area contributed by atoms with E-state index >= 15 is 0 Å². The topological polar surface area (TPSA) is 124 Å². The summed E-state index contributed by atoms with van der Waals surface area (Å²) >= 11 is 0.132. The van der Waals surface area contributed by atoms with Crippen LogP contribution in [0.4, 0.5) is 0 Å². The second kappa shape index (κ2) is 3.18. The molecule has 0 aromatic rings. The Labute approximate surface area is 78.4 Å². The Morgan fingerprint density at radius 3 is 2.08 bits per heavy atom. The van der Waals surface area contributed by atoms with E-state index in [4.69, 9.17) is 9.11 Å². The lowest BCUT2D eigenvalue weighted by Crippen LogP contribution is -2.21. The smallest absolute Gasteiger partial charge is 0.280 e. The first-order chi connectivity index (χ1) is 5.71. The van der Waals surface area contributed by atoms with Crippen LogP contribution < -0.4 is 0 Å². The van der Waals surface area contributed by atoms with Crippen molar-refractivity contribution in [2.75, 3.05) is 6.67 Å². The maximum atomic E-state index is 10.4. The van der Waals surface area contributed by atoms with Crippen LogP contribution >= 0.6 is 11.9 Å². The van der Waals surface area contributed by atoms with Crippen LogP contribution in [0, 0.1) is 0 Å². The normalized spacial score (nSPS) is 20.3. The standard InChI is InChI=1S/C2H4N2O6S3/c5-12(6,7)2-3-1-4(11-2)13(8,9)10/h1H2,(H,5,6,7)(H,8,9,10). The average molecular weight is 248 g/mol. The van der Waals surface area contributed by atoms with E-state index in [-0.39, 0.29) is 11.9 Å². The van der Waals surface area contributed by atoms with Crippen molar-refractivity contribution in [2.24, 2.45) is 4.99 Å². The first kappa shape index (κ1) is 10.9. The highest BCUT2D eigenvalue weighted by atomic mass is 32.3. The molecule has 0 atom stereocenters. The third-order valence-corrected chi connectivity index (χ3v) is 4.42. The predicted octanol–water partition coefficient (Wildman–Crippen LogP) is -1.05. The predicted molar refractivity (Wildman–Crippen MR) is 44.8 cm³/mol. The van der Waals surface area contributed by atoms with E-state index in [1.54, 1.807) is 0 Å². The van der Waals surface area contributed by atoms with Gasteiger partial charge < -0.3 is 0 Å². The van der Waals surface area contributed by atoms with Crippen LogP contribution in [0.1, 0.15) is 0 Å². The van der Waals surface area contributed by atoms with Crippen molar-refractivity contribution < 1.29 is 25.9 Å². The second-order valence-corrected chi connectivity index (χ2v) is 6.09. The van der Waals surface area contributed by atoms with Crippen molar-refractivity contribution in [3.8, 4) is 0 Å². The number of hydrogen-bond donors (Lipinski definition) is 2. The zero-order chi connectivity index (χ0) is 10.3. The molecular formula is C2H4N2O6S3. The van der Waals surface area contributed by atoms with Gasteiger partial charge in [0.15, 0.2) is 0 Å². The van der Waals surface area contributed by atoms with Gasteiger partial charge in [-0.25, -0.2) is 4.99 Å². The zero-order valence-corrected chi connectivity index (χ0v) is 8.30. The molecule has 0 saturated carbocycles. The number of nitrogens with zero attached hydrogens (tertiary/aromatic N) is 2. The van der Waals surface area contributed by atoms with Gasteiger partial charge in [-0.1, -0.05) is 3.71 Å². The lowest BCUT2D eigenvalue weighted by molar-refractivity contribution is 0.439. The number of hydrogen-bond acceptors (Lipinski definition) is 6. The van der Waals surface area contributed by atoms with Crippen molar-refractivity contribution in [1.29, 1.82) is 0 Å². The summed E-state index contributed by atoms with van der Waals surface area (Å²) in [5.41, 5.74) is 0. The summed E-state index contributed by atoms with van der Waals surface area (Å²) < 4.78 is 58.1. The largest absolute Gasteiger partial charge is 0.347 e. The first-order valence-corrected chi connectivity index (χ1v) is 6.27. The van der Waals surface area contributed by atoms with Crippen molar-refractivity contribution >= 4 is 36.7 Å². The molecule has 76 valence electrons. The molecule has 0 unspecified atom stereocenters. The van der Waals surface area contributed by atoms with Crippen molar-refractivity contribution in [3.63, 3.8) is 0 Å². The van der Waals surface area contributed by atoms with Crippen LogP contribution in [-0.2, 0) is 20.4 Å². The van der Waals surface area contributed by atoms with Gasteiger partial charge in [0.05, 0.1) is 0 Å². The van der Waals surface area contributed by atoms with E-state index in [1.165, 1.54) is 0 Å². The molecular weight excluding hydrogens is 244 g/mol. The fourth-order valence-electron chi connectivity index (χ4n) is 0.509. The molecule has 0 fully saturated rings. The molecule has 8 nitrogen and oxygen atoms in total. The molecule has 0 saturated heterocycles. The minimum atomic E-state index is -4.50. The Morgan fingerprint density at radius 1 is 1.31 bits per heavy atom. The Bertz CT molecular complexity index is 432. The molecule has 0 aromatic carbocycles. The molecule has 13 heavy (non-hydrogen) atoms. The third-order valence-electron chi connectivity index (χ3n) is 0.973. The van der Waals surface area contributed by atoms with Crippen LogP contribution in [-0.4, -0.2) is 40.7 Å². The van der Waals surface area contributed by atoms with Gasteiger partial charge >= 0.3 is 20.4 Å². The monoisotopic (exact) mass is 248 g/mol. The highest BCUT2D eigenvalue weighted by Gasteiger charge is 2.32. The Kier molecular flexibility index (Phi) is 2.66. The van der Waals surface area contributed by atoms with Crippen molar-refractivity contribution in [3.05, 3.63) is 0 Å².